The van der Waals surface area contributed by atoms with Crippen molar-refractivity contribution in [2.45, 2.75) is 19.6 Å². The minimum Gasteiger partial charge on any atom is -0.307 e. The Bertz CT molecular complexity index is 312. The summed E-state index contributed by atoms with van der Waals surface area (Å²) in [6, 6.07) is 4.30. The summed E-state index contributed by atoms with van der Waals surface area (Å²) in [5, 5.41) is 3.29. The normalized spacial score (nSPS) is 13.9. The molecule has 4 heteroatoms. The Morgan fingerprint density at radius 3 is 2.86 bits per heavy atom. The molecule has 0 fully saturated rings. The second-order valence-electron chi connectivity index (χ2n) is 3.75. The van der Waals surface area contributed by atoms with Gasteiger partial charge in [-0.15, -0.1) is 12.4 Å². The number of halogens is 1. The summed E-state index contributed by atoms with van der Waals surface area (Å²) in [4.78, 5) is 6.73. The molecule has 1 aliphatic heterocycles. The van der Waals surface area contributed by atoms with Crippen LogP contribution < -0.4 is 5.32 Å². The molecule has 2 rings (SSSR count). The first-order valence-electron chi connectivity index (χ1n) is 4.59. The summed E-state index contributed by atoms with van der Waals surface area (Å²) >= 11 is 0. The molecule has 0 aliphatic carbocycles. The highest BCUT2D eigenvalue weighted by Crippen LogP contribution is 2.13. The van der Waals surface area contributed by atoms with E-state index >= 15 is 0 Å². The third-order valence-corrected chi connectivity index (χ3v) is 2.21. The highest BCUT2D eigenvalue weighted by molar-refractivity contribution is 5.85. The van der Waals surface area contributed by atoms with Crippen molar-refractivity contribution in [1.29, 1.82) is 0 Å². The maximum atomic E-state index is 4.59. The molecule has 0 saturated carbocycles. The third-order valence-electron chi connectivity index (χ3n) is 2.21. The Balaban J connectivity index is 0.000000980. The van der Waals surface area contributed by atoms with Crippen molar-refractivity contribution in [3.8, 4) is 0 Å². The van der Waals surface area contributed by atoms with Crippen LogP contribution in [0.2, 0.25) is 0 Å². The lowest BCUT2D eigenvalue weighted by Gasteiger charge is -2.09. The van der Waals surface area contributed by atoms with E-state index in [1.54, 1.807) is 0 Å². The van der Waals surface area contributed by atoms with Crippen LogP contribution in [0.15, 0.2) is 12.1 Å². The van der Waals surface area contributed by atoms with Crippen LogP contribution in [-0.4, -0.2) is 24.0 Å². The van der Waals surface area contributed by atoms with Gasteiger partial charge in [-0.3, -0.25) is 4.98 Å². The number of nitrogens with zero attached hydrogens (tertiary/aromatic N) is 2. The van der Waals surface area contributed by atoms with Crippen molar-refractivity contribution in [2.75, 3.05) is 14.1 Å². The third kappa shape index (κ3) is 2.44. The maximum Gasteiger partial charge on any atom is 0.0590 e. The van der Waals surface area contributed by atoms with Crippen LogP contribution in [0.1, 0.15) is 17.0 Å². The maximum absolute atomic E-state index is 4.59. The van der Waals surface area contributed by atoms with Gasteiger partial charge in [-0.2, -0.15) is 0 Å². The first kappa shape index (κ1) is 11.4. The number of fused-ring (bicyclic) bond motifs is 1. The molecule has 0 spiro atoms. The number of hydrogen-bond donors (Lipinski definition) is 1. The Hall–Kier alpha value is -0.640. The van der Waals surface area contributed by atoms with Gasteiger partial charge in [0.2, 0.25) is 0 Å². The van der Waals surface area contributed by atoms with Crippen LogP contribution in [-0.2, 0) is 19.6 Å². The van der Waals surface area contributed by atoms with Crippen molar-refractivity contribution in [3.63, 3.8) is 0 Å². The Morgan fingerprint density at radius 2 is 2.14 bits per heavy atom. The van der Waals surface area contributed by atoms with E-state index in [1.165, 1.54) is 11.3 Å². The van der Waals surface area contributed by atoms with Crippen molar-refractivity contribution < 1.29 is 0 Å². The largest absolute Gasteiger partial charge is 0.307 e. The van der Waals surface area contributed by atoms with Crippen LogP contribution in [0.3, 0.4) is 0 Å². The van der Waals surface area contributed by atoms with Crippen LogP contribution in [0, 0.1) is 0 Å². The average molecular weight is 214 g/mol. The number of rotatable bonds is 2. The number of pyridine rings is 1. The fraction of sp³-hybridized carbons (Fsp3) is 0.500. The predicted octanol–water partition coefficient (Wildman–Crippen LogP) is 1.17. The number of nitrogens with one attached hydrogen (secondary N) is 1. The van der Waals surface area contributed by atoms with Gasteiger partial charge in [-0.05, 0) is 25.7 Å². The number of hydrogen-bond acceptors (Lipinski definition) is 3. The van der Waals surface area contributed by atoms with Crippen molar-refractivity contribution in [3.05, 3.63) is 29.1 Å². The van der Waals surface area contributed by atoms with Gasteiger partial charge in [0.1, 0.15) is 0 Å². The Morgan fingerprint density at radius 1 is 1.36 bits per heavy atom. The van der Waals surface area contributed by atoms with Gasteiger partial charge in [0, 0.05) is 19.6 Å². The van der Waals surface area contributed by atoms with E-state index in [-0.39, 0.29) is 12.4 Å². The first-order valence-corrected chi connectivity index (χ1v) is 4.59. The number of aromatic nitrogens is 1. The van der Waals surface area contributed by atoms with E-state index in [0.29, 0.717) is 0 Å². The van der Waals surface area contributed by atoms with Crippen molar-refractivity contribution in [2.24, 2.45) is 0 Å². The highest BCUT2D eigenvalue weighted by atomic mass is 35.5. The monoisotopic (exact) mass is 213 g/mol. The van der Waals surface area contributed by atoms with Crippen LogP contribution in [0.5, 0.6) is 0 Å². The van der Waals surface area contributed by atoms with Gasteiger partial charge in [0.05, 0.1) is 11.4 Å². The minimum absolute atomic E-state index is 0. The molecule has 0 bridgehead atoms. The van der Waals surface area contributed by atoms with Gasteiger partial charge in [-0.25, -0.2) is 0 Å². The summed E-state index contributed by atoms with van der Waals surface area (Å²) in [5.74, 6) is 0. The van der Waals surface area contributed by atoms with E-state index in [0.717, 1.165) is 25.3 Å². The van der Waals surface area contributed by atoms with Gasteiger partial charge < -0.3 is 10.2 Å². The van der Waals surface area contributed by atoms with Crippen molar-refractivity contribution in [1.82, 2.24) is 15.2 Å². The highest BCUT2D eigenvalue weighted by Gasteiger charge is 2.11. The lowest BCUT2D eigenvalue weighted by atomic mass is 10.2. The summed E-state index contributed by atoms with van der Waals surface area (Å²) in [7, 11) is 4.13. The molecule has 1 aromatic rings. The molecule has 0 saturated heterocycles. The van der Waals surface area contributed by atoms with E-state index in [9.17, 15) is 0 Å². The first-order chi connectivity index (χ1) is 6.25. The Labute approximate surface area is 90.9 Å². The second-order valence-corrected chi connectivity index (χ2v) is 3.75. The molecule has 1 N–H and O–H groups in total. The summed E-state index contributed by atoms with van der Waals surface area (Å²) < 4.78 is 0. The smallest absolute Gasteiger partial charge is 0.0590 e. The Kier molecular flexibility index (Phi) is 3.86. The quantitative estimate of drug-likeness (QED) is 0.800. The van der Waals surface area contributed by atoms with Gasteiger partial charge >= 0.3 is 0 Å². The summed E-state index contributed by atoms with van der Waals surface area (Å²) in [6.45, 7) is 2.83. The van der Waals surface area contributed by atoms with Gasteiger partial charge in [0.15, 0.2) is 0 Å². The molecule has 0 aromatic carbocycles. The molecule has 1 aromatic heterocycles. The molecular weight excluding hydrogens is 198 g/mol. The molecule has 0 amide bonds. The average Bonchev–Trinajstić information content (AvgIpc) is 2.49. The molecule has 1 aliphatic rings. The topological polar surface area (TPSA) is 28.2 Å². The van der Waals surface area contributed by atoms with Gasteiger partial charge in [0.25, 0.3) is 0 Å². The lowest BCUT2D eigenvalue weighted by molar-refractivity contribution is 0.396. The van der Waals surface area contributed by atoms with Gasteiger partial charge in [-0.1, -0.05) is 6.07 Å². The van der Waals surface area contributed by atoms with Crippen LogP contribution >= 0.6 is 12.4 Å². The molecule has 2 heterocycles. The van der Waals surface area contributed by atoms with Crippen LogP contribution in [0.25, 0.3) is 0 Å². The fourth-order valence-electron chi connectivity index (χ4n) is 1.62. The second kappa shape index (κ2) is 4.73. The van der Waals surface area contributed by atoms with E-state index in [1.807, 2.05) is 0 Å². The zero-order chi connectivity index (χ0) is 9.26. The van der Waals surface area contributed by atoms with Crippen molar-refractivity contribution >= 4 is 12.4 Å². The molecule has 78 valence electrons. The van der Waals surface area contributed by atoms with E-state index < -0.39 is 0 Å². The zero-order valence-corrected chi connectivity index (χ0v) is 9.40. The molecule has 0 radical (unpaired) electrons. The summed E-state index contributed by atoms with van der Waals surface area (Å²) in [5.41, 5.74) is 3.73. The van der Waals surface area contributed by atoms with E-state index in [4.69, 9.17) is 0 Å². The predicted molar refractivity (Wildman–Crippen MR) is 59.4 cm³/mol. The molecule has 0 unspecified atom stereocenters. The standard InChI is InChI=1S/C10H15N3.ClH/c1-13(2)7-9-4-3-8-5-11-6-10(8)12-9;/h3-4,11H,5-7H2,1-2H3;1H. The van der Waals surface area contributed by atoms with Crippen LogP contribution in [0.4, 0.5) is 0 Å². The van der Waals surface area contributed by atoms with E-state index in [2.05, 4.69) is 41.4 Å². The lowest BCUT2D eigenvalue weighted by Crippen LogP contribution is -2.12. The minimum atomic E-state index is 0. The molecule has 0 atom stereocenters. The molecule has 3 nitrogen and oxygen atoms in total. The summed E-state index contributed by atoms with van der Waals surface area (Å²) in [6.07, 6.45) is 0. The molecule has 14 heavy (non-hydrogen) atoms. The molecular formula is C10H16ClN3. The fourth-order valence-corrected chi connectivity index (χ4v) is 1.62. The SMILES string of the molecule is CN(C)Cc1ccc2c(n1)CNC2.Cl. The zero-order valence-electron chi connectivity index (χ0n) is 8.58.